The smallest absolute Gasteiger partial charge is 0.350 e. The summed E-state index contributed by atoms with van der Waals surface area (Å²) in [5, 5.41) is 14.5. The number of thioether (sulfide) groups is 1. The Morgan fingerprint density at radius 2 is 1.39 bits per heavy atom. The number of anilines is 2. The average Bonchev–Trinajstić information content (AvgIpc) is 3.63. The molecule has 1 aliphatic rings. The lowest BCUT2D eigenvalue weighted by molar-refractivity contribution is 0.0437. The molecule has 5 rings (SSSR count). The molecule has 2 atom stereocenters. The summed E-state index contributed by atoms with van der Waals surface area (Å²) in [7, 11) is 7.87. The van der Waals surface area contributed by atoms with Crippen LogP contribution in [0.15, 0.2) is 77.7 Å². The van der Waals surface area contributed by atoms with E-state index in [2.05, 4.69) is 5.32 Å². The quantitative estimate of drug-likeness (QED) is 0.0570. The molecule has 2 N–H and O–H groups in total. The van der Waals surface area contributed by atoms with Gasteiger partial charge in [-0.05, 0) is 96.8 Å². The third-order valence-corrected chi connectivity index (χ3v) is 9.14. The molecule has 260 valence electrons. The minimum Gasteiger partial charge on any atom is -0.497 e. The fourth-order valence-electron chi connectivity index (χ4n) is 5.46. The summed E-state index contributed by atoms with van der Waals surface area (Å²) in [6.07, 6.45) is 0.809. The van der Waals surface area contributed by atoms with Crippen LogP contribution in [0.5, 0.6) is 34.5 Å². The van der Waals surface area contributed by atoms with E-state index < -0.39 is 6.03 Å². The van der Waals surface area contributed by atoms with Crippen molar-refractivity contribution in [1.82, 2.24) is 0 Å². The lowest BCUT2D eigenvalue weighted by Gasteiger charge is -2.22. The Balaban J connectivity index is 1.39. The SMILES string of the molecule is COc1ccc(SCCOc2c(NC(=O)N(O)c3ccc(Cl)cc3)cc(C3CCC(c4cc(OC)c(OC)c(OC)c4)O3)cc2OC)cc1. The number of carbonyl (C=O) groups is 1. The minimum atomic E-state index is -0.804. The van der Waals surface area contributed by atoms with Crippen LogP contribution in [0, 0.1) is 0 Å². The van der Waals surface area contributed by atoms with Crippen molar-refractivity contribution in [2.75, 3.05) is 58.3 Å². The number of ether oxygens (including phenoxy) is 7. The molecule has 2 amide bonds. The Labute approximate surface area is 294 Å². The summed E-state index contributed by atoms with van der Waals surface area (Å²) in [5.74, 6) is 3.69. The van der Waals surface area contributed by atoms with Crippen molar-refractivity contribution in [3.8, 4) is 34.5 Å². The topological polar surface area (TPSA) is 117 Å². The summed E-state index contributed by atoms with van der Waals surface area (Å²) in [6, 6.07) is 20.6. The Kier molecular flexibility index (Phi) is 12.2. The van der Waals surface area contributed by atoms with Gasteiger partial charge in [0.25, 0.3) is 0 Å². The monoisotopic (exact) mass is 710 g/mol. The average molecular weight is 711 g/mol. The highest BCUT2D eigenvalue weighted by Crippen LogP contribution is 2.48. The fraction of sp³-hybridized carbons (Fsp3) is 0.306. The van der Waals surface area contributed by atoms with Crippen LogP contribution in [0.1, 0.15) is 36.2 Å². The standard InChI is InChI=1S/C36H39ClN2O9S/c1-42-26-10-12-27(13-11-26)49-17-16-47-34-28(38-36(40)39(41)25-8-6-24(37)7-9-25)18-22(19-31(34)43-2)29-14-15-30(48-29)23-20-32(44-3)35(46-5)33(21-23)45-4/h6-13,18-21,29-30,41H,14-17H2,1-5H3,(H,38,40). The molecule has 4 aromatic rings. The number of hydrogen-bond donors (Lipinski definition) is 2. The number of rotatable bonds is 14. The van der Waals surface area contributed by atoms with E-state index in [4.69, 9.17) is 44.8 Å². The molecule has 0 saturated carbocycles. The van der Waals surface area contributed by atoms with E-state index in [0.29, 0.717) is 63.3 Å². The molecule has 1 aliphatic heterocycles. The zero-order valence-electron chi connectivity index (χ0n) is 27.9. The maximum atomic E-state index is 13.3. The van der Waals surface area contributed by atoms with Crippen LogP contribution < -0.4 is 38.8 Å². The number of amides is 2. The van der Waals surface area contributed by atoms with Crippen molar-refractivity contribution in [3.05, 3.63) is 88.9 Å². The van der Waals surface area contributed by atoms with Gasteiger partial charge in [0.05, 0.1) is 65.7 Å². The van der Waals surface area contributed by atoms with E-state index >= 15 is 0 Å². The molecule has 0 spiro atoms. The first-order valence-corrected chi connectivity index (χ1v) is 16.8. The summed E-state index contributed by atoms with van der Waals surface area (Å²) in [4.78, 5) is 14.4. The second-order valence-corrected chi connectivity index (χ2v) is 12.4. The molecule has 49 heavy (non-hydrogen) atoms. The Hall–Kier alpha value is -4.49. The van der Waals surface area contributed by atoms with E-state index in [9.17, 15) is 10.0 Å². The number of halogens is 1. The fourth-order valence-corrected chi connectivity index (χ4v) is 6.32. The Morgan fingerprint density at radius 1 is 0.816 bits per heavy atom. The first-order chi connectivity index (χ1) is 23.8. The van der Waals surface area contributed by atoms with Crippen molar-refractivity contribution < 1.29 is 43.2 Å². The first-order valence-electron chi connectivity index (χ1n) is 15.4. The molecule has 11 nitrogen and oxygen atoms in total. The summed E-state index contributed by atoms with van der Waals surface area (Å²) in [5.41, 5.74) is 2.18. The molecule has 0 aliphatic carbocycles. The number of hydrogen-bond acceptors (Lipinski definition) is 10. The number of hydroxylamine groups is 1. The normalized spacial score (nSPS) is 15.3. The maximum Gasteiger partial charge on any atom is 0.350 e. The second kappa shape index (κ2) is 16.8. The van der Waals surface area contributed by atoms with E-state index in [1.54, 1.807) is 58.4 Å². The van der Waals surface area contributed by atoms with Gasteiger partial charge in [-0.1, -0.05) is 11.6 Å². The minimum absolute atomic E-state index is 0.232. The predicted octanol–water partition coefficient (Wildman–Crippen LogP) is 8.57. The number of urea groups is 1. The van der Waals surface area contributed by atoms with Crippen LogP contribution in [0.2, 0.25) is 5.02 Å². The summed E-state index contributed by atoms with van der Waals surface area (Å²) < 4.78 is 40.4. The van der Waals surface area contributed by atoms with Crippen molar-refractivity contribution in [3.63, 3.8) is 0 Å². The van der Waals surface area contributed by atoms with Crippen LogP contribution in [0.25, 0.3) is 0 Å². The van der Waals surface area contributed by atoms with Gasteiger partial charge in [0.2, 0.25) is 5.75 Å². The second-order valence-electron chi connectivity index (χ2n) is 10.8. The largest absolute Gasteiger partial charge is 0.497 e. The maximum absolute atomic E-state index is 13.3. The van der Waals surface area contributed by atoms with Crippen molar-refractivity contribution in [2.45, 2.75) is 29.9 Å². The highest BCUT2D eigenvalue weighted by molar-refractivity contribution is 7.99. The van der Waals surface area contributed by atoms with E-state index in [-0.39, 0.29) is 17.9 Å². The van der Waals surface area contributed by atoms with E-state index in [1.165, 1.54) is 19.2 Å². The molecule has 13 heteroatoms. The van der Waals surface area contributed by atoms with Gasteiger partial charge in [-0.3, -0.25) is 5.21 Å². The lowest BCUT2D eigenvalue weighted by atomic mass is 10.0. The molecule has 1 saturated heterocycles. The number of carbonyl (C=O) groups excluding carboxylic acids is 1. The predicted molar refractivity (Wildman–Crippen MR) is 189 cm³/mol. The molecule has 2 unspecified atom stereocenters. The van der Waals surface area contributed by atoms with Gasteiger partial charge in [-0.25, -0.2) is 4.79 Å². The van der Waals surface area contributed by atoms with Gasteiger partial charge < -0.3 is 38.5 Å². The molecule has 1 fully saturated rings. The molecule has 0 aromatic heterocycles. The lowest BCUT2D eigenvalue weighted by Crippen LogP contribution is -2.32. The molecule has 0 radical (unpaired) electrons. The molecular formula is C36H39ClN2O9S. The zero-order valence-corrected chi connectivity index (χ0v) is 29.4. The van der Waals surface area contributed by atoms with Gasteiger partial charge in [-0.15, -0.1) is 11.8 Å². The Morgan fingerprint density at radius 3 is 1.94 bits per heavy atom. The molecule has 1 heterocycles. The van der Waals surface area contributed by atoms with Gasteiger partial charge in [0, 0.05) is 15.7 Å². The van der Waals surface area contributed by atoms with E-state index in [1.807, 2.05) is 42.5 Å². The Bertz CT molecular complexity index is 1700. The highest BCUT2D eigenvalue weighted by atomic mass is 35.5. The van der Waals surface area contributed by atoms with Crippen LogP contribution in [0.4, 0.5) is 16.2 Å². The first kappa shape index (κ1) is 35.8. The number of nitrogens with one attached hydrogen (secondary N) is 1. The molecular weight excluding hydrogens is 672 g/mol. The van der Waals surface area contributed by atoms with Crippen LogP contribution in [-0.2, 0) is 4.74 Å². The van der Waals surface area contributed by atoms with Crippen molar-refractivity contribution in [1.29, 1.82) is 0 Å². The van der Waals surface area contributed by atoms with E-state index in [0.717, 1.165) is 28.2 Å². The number of benzene rings is 4. The van der Waals surface area contributed by atoms with Gasteiger partial charge in [0.15, 0.2) is 23.0 Å². The number of nitrogens with zero attached hydrogens (tertiary/aromatic N) is 1. The van der Waals surface area contributed by atoms with Crippen LogP contribution >= 0.6 is 23.4 Å². The third-order valence-electron chi connectivity index (χ3n) is 7.91. The molecule has 4 aromatic carbocycles. The highest BCUT2D eigenvalue weighted by Gasteiger charge is 2.31. The van der Waals surface area contributed by atoms with Crippen molar-refractivity contribution in [2.24, 2.45) is 0 Å². The van der Waals surface area contributed by atoms with Gasteiger partial charge in [0.1, 0.15) is 5.75 Å². The van der Waals surface area contributed by atoms with Crippen molar-refractivity contribution >= 4 is 40.8 Å². The third kappa shape index (κ3) is 8.57. The summed E-state index contributed by atoms with van der Waals surface area (Å²) in [6.45, 7) is 0.304. The zero-order chi connectivity index (χ0) is 34.9. The number of methoxy groups -OCH3 is 5. The summed E-state index contributed by atoms with van der Waals surface area (Å²) >= 11 is 7.61. The van der Waals surface area contributed by atoms with Crippen LogP contribution in [0.3, 0.4) is 0 Å². The molecule has 0 bridgehead atoms. The van der Waals surface area contributed by atoms with Crippen LogP contribution in [-0.4, -0.2) is 59.1 Å². The van der Waals surface area contributed by atoms with Gasteiger partial charge in [-0.2, -0.15) is 5.06 Å². The van der Waals surface area contributed by atoms with Gasteiger partial charge >= 0.3 is 6.03 Å².